The molecule has 0 atom stereocenters. The minimum Gasteiger partial charge on any atom is -0.456 e. The summed E-state index contributed by atoms with van der Waals surface area (Å²) in [5, 5.41) is 9.28. The maximum atomic E-state index is 8.60. The lowest BCUT2D eigenvalue weighted by Gasteiger charge is -2.26. The molecule has 16 rings (SSSR count). The largest absolute Gasteiger partial charge is 0.456 e. The second-order valence-corrected chi connectivity index (χ2v) is 40.1. The Labute approximate surface area is 671 Å². The Morgan fingerprint density at radius 1 is 0.275 bits per heavy atom. The molecule has 0 amide bonds. The average Bonchev–Trinajstić information content (AvgIpc) is 1.66. The molecule has 109 heavy (non-hydrogen) atoms. The highest BCUT2D eigenvalue weighted by atomic mass is 32.1. The molecule has 0 radical (unpaired) electrons. The molecule has 4 heterocycles. The second-order valence-electron chi connectivity index (χ2n) is 38.0. The molecule has 4 heteroatoms. The lowest BCUT2D eigenvalue weighted by atomic mass is 9.78. The maximum absolute atomic E-state index is 8.60. The smallest absolute Gasteiger partial charge is 0.143 e. The molecular weight excluding hydrogens is 1360 g/mol. The van der Waals surface area contributed by atoms with Crippen LogP contribution in [0.2, 0.25) is 0 Å². The fourth-order valence-electron chi connectivity index (χ4n) is 14.9. The molecule has 0 N–H and O–H groups in total. The predicted molar refractivity (Wildman–Crippen MR) is 482 cm³/mol. The van der Waals surface area contributed by atoms with Gasteiger partial charge in [0.25, 0.3) is 0 Å². The SMILES string of the molecule is CC(C)(C)c1cc(-c2cccc3c2oc2c(C(C)(C)C)cccc23)cc(C(C)(C)C)c1.CC(C)(C)c1cc(-c2cccc3oc4cccc(C(C)(C)C)c4c23)cc(C(C)(C)C)c1.[2H]c1c([2H])c(C)c([2H])c(-c2cccc3sc4cccc(C(C)(C)C)c4c23)c1[2H].[2H]c1c([2H])c([2H])c(-c2cccc3c2sc2c(C(C)(C)C)cccc23)c([2H])c1[2H]. The van der Waals surface area contributed by atoms with Crippen LogP contribution >= 0.6 is 22.7 Å². The Balaban J connectivity index is 0.000000137. The highest BCUT2D eigenvalue weighted by Crippen LogP contribution is 2.49. The van der Waals surface area contributed by atoms with Gasteiger partial charge in [-0.3, -0.25) is 0 Å². The third-order valence-electron chi connectivity index (χ3n) is 21.1. The molecule has 0 aliphatic heterocycles. The molecule has 0 saturated carbocycles. The minimum absolute atomic E-state index is 0.0166. The van der Waals surface area contributed by atoms with Crippen molar-refractivity contribution in [2.75, 3.05) is 0 Å². The first-order valence-electron chi connectivity index (χ1n) is 43.0. The molecule has 4 aromatic heterocycles. The fourth-order valence-corrected chi connectivity index (χ4v) is 17.6. The van der Waals surface area contributed by atoms with E-state index in [0.717, 1.165) is 53.5 Å². The van der Waals surface area contributed by atoms with E-state index in [1.165, 1.54) is 103 Å². The summed E-state index contributed by atoms with van der Waals surface area (Å²) in [6.07, 6.45) is 0. The molecule has 0 aliphatic carbocycles. The summed E-state index contributed by atoms with van der Waals surface area (Å²) >= 11 is 3.35. The molecule has 0 aliphatic rings. The average molecular weight is 1480 g/mol. The van der Waals surface area contributed by atoms with Gasteiger partial charge in [0, 0.05) is 73.0 Å². The first-order valence-corrected chi connectivity index (χ1v) is 40.2. The van der Waals surface area contributed by atoms with Crippen molar-refractivity contribution < 1.29 is 21.2 Å². The van der Waals surface area contributed by atoms with Crippen molar-refractivity contribution in [3.05, 3.63) is 286 Å². The van der Waals surface area contributed by atoms with Crippen molar-refractivity contribution in [3.8, 4) is 44.5 Å². The van der Waals surface area contributed by atoms with Gasteiger partial charge in [-0.05, 0) is 152 Å². The van der Waals surface area contributed by atoms with Crippen molar-refractivity contribution in [2.24, 2.45) is 0 Å². The molecule has 16 aromatic rings. The monoisotopic (exact) mass is 1480 g/mol. The van der Waals surface area contributed by atoms with E-state index < -0.39 is 0 Å². The van der Waals surface area contributed by atoms with Crippen LogP contribution in [-0.2, 0) is 43.3 Å². The molecule has 0 fully saturated rings. The Morgan fingerprint density at radius 2 is 0.670 bits per heavy atom. The molecule has 0 bridgehead atoms. The normalized spacial score (nSPS) is 14.0. The molecule has 0 unspecified atom stereocenters. The Bertz CT molecular complexity index is 6520. The van der Waals surface area contributed by atoms with E-state index in [4.69, 9.17) is 21.2 Å². The second kappa shape index (κ2) is 28.8. The predicted octanol–water partition coefficient (Wildman–Crippen LogP) is 32.6. The van der Waals surface area contributed by atoms with Gasteiger partial charge in [-0.15, -0.1) is 22.7 Å². The summed E-state index contributed by atoms with van der Waals surface area (Å²) in [6.45, 7) is 55.9. The zero-order valence-corrected chi connectivity index (χ0v) is 70.6. The number of benzene rings is 12. The lowest BCUT2D eigenvalue weighted by Crippen LogP contribution is -2.16. The van der Waals surface area contributed by atoms with Gasteiger partial charge in [0.2, 0.25) is 0 Å². The van der Waals surface area contributed by atoms with E-state index in [-0.39, 0.29) is 103 Å². The molecular formula is C105H114O2S2. The maximum Gasteiger partial charge on any atom is 0.143 e. The Hall–Kier alpha value is -9.32. The van der Waals surface area contributed by atoms with E-state index in [9.17, 15) is 0 Å². The van der Waals surface area contributed by atoms with Crippen molar-refractivity contribution in [1.82, 2.24) is 0 Å². The first-order chi connectivity index (χ1) is 54.8. The van der Waals surface area contributed by atoms with Crippen molar-refractivity contribution in [2.45, 2.75) is 216 Å². The van der Waals surface area contributed by atoms with Crippen LogP contribution in [0.3, 0.4) is 0 Å². The Kier molecular flexibility index (Phi) is 17.6. The van der Waals surface area contributed by atoms with E-state index in [1.54, 1.807) is 29.6 Å². The van der Waals surface area contributed by atoms with Crippen LogP contribution in [0.4, 0.5) is 0 Å². The van der Waals surface area contributed by atoms with Gasteiger partial charge >= 0.3 is 0 Å². The summed E-state index contributed by atoms with van der Waals surface area (Å²) in [4.78, 5) is 0. The van der Waals surface area contributed by atoms with Crippen molar-refractivity contribution >= 4 is 107 Å². The van der Waals surface area contributed by atoms with Crippen LogP contribution in [0.15, 0.2) is 245 Å². The van der Waals surface area contributed by atoms with Crippen LogP contribution in [0, 0.1) is 6.92 Å². The third-order valence-corrected chi connectivity index (χ3v) is 23.5. The molecule has 12 aromatic carbocycles. The number of furan rings is 2. The zero-order valence-electron chi connectivity index (χ0n) is 78.0. The number of hydrogen-bond donors (Lipinski definition) is 0. The molecule has 2 nitrogen and oxygen atoms in total. The van der Waals surface area contributed by atoms with Crippen LogP contribution in [0.1, 0.15) is 229 Å². The van der Waals surface area contributed by atoms with E-state index >= 15 is 0 Å². The highest BCUT2D eigenvalue weighted by Gasteiger charge is 2.29. The summed E-state index contributed by atoms with van der Waals surface area (Å²) in [5.41, 5.74) is 22.4. The van der Waals surface area contributed by atoms with Crippen molar-refractivity contribution in [1.29, 1.82) is 0 Å². The number of hydrogen-bond acceptors (Lipinski definition) is 4. The topological polar surface area (TPSA) is 26.3 Å². The summed E-state index contributed by atoms with van der Waals surface area (Å²) in [7, 11) is 0. The van der Waals surface area contributed by atoms with Gasteiger partial charge in [-0.2, -0.15) is 0 Å². The number of fused-ring (bicyclic) bond motifs is 12. The fraction of sp³-hybridized carbons (Fsp3) is 0.314. The third kappa shape index (κ3) is 15.9. The van der Waals surface area contributed by atoms with Gasteiger partial charge in [-0.25, -0.2) is 0 Å². The van der Waals surface area contributed by atoms with Gasteiger partial charge in [-0.1, -0.05) is 384 Å². The zero-order chi connectivity index (χ0) is 86.3. The minimum atomic E-state index is -0.364. The van der Waals surface area contributed by atoms with E-state index in [1.807, 2.05) is 30.3 Å². The van der Waals surface area contributed by atoms with Gasteiger partial charge < -0.3 is 8.83 Å². The van der Waals surface area contributed by atoms with Gasteiger partial charge in [0.1, 0.15) is 22.3 Å². The van der Waals surface area contributed by atoms with E-state index in [0.29, 0.717) is 16.7 Å². The van der Waals surface area contributed by atoms with E-state index in [2.05, 4.69) is 318 Å². The lowest BCUT2D eigenvalue weighted by molar-refractivity contribution is 0.568. The molecule has 558 valence electrons. The number of rotatable bonds is 4. The van der Waals surface area contributed by atoms with Gasteiger partial charge in [0.15, 0.2) is 0 Å². The molecule has 0 saturated heterocycles. The van der Waals surface area contributed by atoms with Crippen LogP contribution in [0.5, 0.6) is 0 Å². The number of para-hydroxylation sites is 2. The van der Waals surface area contributed by atoms with Crippen molar-refractivity contribution in [3.63, 3.8) is 0 Å². The van der Waals surface area contributed by atoms with Crippen LogP contribution < -0.4 is 0 Å². The van der Waals surface area contributed by atoms with Crippen LogP contribution in [-0.4, -0.2) is 0 Å². The summed E-state index contributed by atoms with van der Waals surface area (Å²) in [5.74, 6) is 0. The highest BCUT2D eigenvalue weighted by molar-refractivity contribution is 7.26. The number of thiophene rings is 2. The Morgan fingerprint density at radius 3 is 1.21 bits per heavy atom. The van der Waals surface area contributed by atoms with Crippen LogP contribution in [0.25, 0.3) is 129 Å². The summed E-state index contributed by atoms with van der Waals surface area (Å²) < 4.78 is 91.4. The van der Waals surface area contributed by atoms with Gasteiger partial charge in [0.05, 0.1) is 12.3 Å². The quantitative estimate of drug-likeness (QED) is 0.176. The first kappa shape index (κ1) is 66.6. The standard InChI is InChI=1S/2C30H36O.C23H22S.C22H20S/c1-28(2,3)20-16-19(17-21(18-20)29(4,5)6)22-12-10-14-24-26(22)27-23(30(7,8)9)13-11-15-25(27)31-24;1-28(2,3)20-16-19(17-21(18-20)29(4,5)6)22-12-10-13-23-24-14-11-15-25(30(7,8)9)27(24)31-26(22)23;1-15-8-5-9-16(14-15)17-10-6-12-19-21(17)22-18(23(2,3)4)11-7-13-20(22)24-19;1-22(2,3)19-14-8-13-18-17-12-7-11-16(20(17)23-21(18)19)15-9-5-4-6-10-15/h2*10-18H,1-9H3;5-14H,1-4H3;4-14H,1-3H3/i;;5D,8D,9D,14D;4D,5D,6D,9D,10D. The molecule has 0 spiro atoms. The summed E-state index contributed by atoms with van der Waals surface area (Å²) in [6, 6.07) is 63.4.